The maximum absolute atomic E-state index is 8.45. The molecule has 0 unspecified atom stereocenters. The molecule has 3 heteroatoms. The maximum Gasteiger partial charge on any atom is 0.0925 e. The van der Waals surface area contributed by atoms with E-state index in [2.05, 4.69) is 29.9 Å². The molecule has 1 aromatic rings. The van der Waals surface area contributed by atoms with Crippen LogP contribution in [0.1, 0.15) is 31.2 Å². The quantitative estimate of drug-likeness (QED) is 0.694. The largest absolute Gasteiger partial charge is 0.347 e. The number of rotatable bonds is 2. The van der Waals surface area contributed by atoms with E-state index in [4.69, 9.17) is 5.26 Å². The molecule has 0 atom stereocenters. The van der Waals surface area contributed by atoms with E-state index in [1.165, 1.54) is 0 Å². The van der Waals surface area contributed by atoms with Gasteiger partial charge in [-0.15, -0.1) is 0 Å². The number of nitrogens with zero attached hydrogens (tertiary/aromatic N) is 2. The van der Waals surface area contributed by atoms with Gasteiger partial charge in [0.25, 0.3) is 0 Å². The number of nitriles is 1. The van der Waals surface area contributed by atoms with E-state index >= 15 is 0 Å². The first-order valence-electron chi connectivity index (χ1n) is 3.64. The van der Waals surface area contributed by atoms with Gasteiger partial charge >= 0.3 is 0 Å². The van der Waals surface area contributed by atoms with Gasteiger partial charge in [-0.2, -0.15) is 5.26 Å². The second kappa shape index (κ2) is 3.20. The van der Waals surface area contributed by atoms with E-state index in [0.29, 0.717) is 12.3 Å². The minimum absolute atomic E-state index is 0.393. The Hall–Kier alpha value is -1.30. The van der Waals surface area contributed by atoms with Crippen molar-refractivity contribution in [3.63, 3.8) is 0 Å². The zero-order valence-corrected chi connectivity index (χ0v) is 6.76. The van der Waals surface area contributed by atoms with Crippen LogP contribution in [-0.4, -0.2) is 9.97 Å². The molecule has 1 N–H and O–H groups in total. The molecular formula is C8H11N3. The van der Waals surface area contributed by atoms with E-state index in [1.54, 1.807) is 6.33 Å². The van der Waals surface area contributed by atoms with E-state index in [-0.39, 0.29) is 0 Å². The third-order valence-corrected chi connectivity index (χ3v) is 1.55. The summed E-state index contributed by atoms with van der Waals surface area (Å²) in [4.78, 5) is 7.08. The normalized spacial score (nSPS) is 10.0. The smallest absolute Gasteiger partial charge is 0.0925 e. The molecule has 0 saturated carbocycles. The number of H-pyrrole nitrogens is 1. The highest BCUT2D eigenvalue weighted by molar-refractivity contribution is 5.17. The van der Waals surface area contributed by atoms with Crippen molar-refractivity contribution >= 4 is 0 Å². The van der Waals surface area contributed by atoms with Crippen LogP contribution >= 0.6 is 0 Å². The summed E-state index contributed by atoms with van der Waals surface area (Å²) in [5.41, 5.74) is 1.95. The van der Waals surface area contributed by atoms with Crippen LogP contribution in [0.15, 0.2) is 6.33 Å². The summed E-state index contributed by atoms with van der Waals surface area (Å²) in [6.45, 7) is 4.13. The highest BCUT2D eigenvalue weighted by atomic mass is 14.9. The lowest BCUT2D eigenvalue weighted by Crippen LogP contribution is -1.93. The summed E-state index contributed by atoms with van der Waals surface area (Å²) in [5.74, 6) is 0.393. The van der Waals surface area contributed by atoms with E-state index in [0.717, 1.165) is 11.4 Å². The number of hydrogen-bond acceptors (Lipinski definition) is 2. The second-order valence-corrected chi connectivity index (χ2v) is 2.76. The van der Waals surface area contributed by atoms with Crippen LogP contribution in [0.2, 0.25) is 0 Å². The molecule has 1 aromatic heterocycles. The van der Waals surface area contributed by atoms with Crippen LogP contribution in [0, 0.1) is 11.3 Å². The minimum Gasteiger partial charge on any atom is -0.347 e. The van der Waals surface area contributed by atoms with Crippen LogP contribution in [0.3, 0.4) is 0 Å². The molecule has 1 heterocycles. The van der Waals surface area contributed by atoms with Gasteiger partial charge in [-0.05, 0) is 5.92 Å². The number of aromatic amines is 1. The topological polar surface area (TPSA) is 52.5 Å². The van der Waals surface area contributed by atoms with Crippen molar-refractivity contribution in [2.75, 3.05) is 0 Å². The van der Waals surface area contributed by atoms with Crippen LogP contribution in [-0.2, 0) is 6.42 Å². The molecule has 0 aromatic carbocycles. The molecule has 0 radical (unpaired) electrons. The van der Waals surface area contributed by atoms with Crippen LogP contribution in [0.4, 0.5) is 0 Å². The van der Waals surface area contributed by atoms with Gasteiger partial charge in [-0.3, -0.25) is 0 Å². The maximum atomic E-state index is 8.45. The van der Waals surface area contributed by atoms with Crippen molar-refractivity contribution < 1.29 is 0 Å². The summed E-state index contributed by atoms with van der Waals surface area (Å²) in [6.07, 6.45) is 2.07. The van der Waals surface area contributed by atoms with Gasteiger partial charge in [-0.1, -0.05) is 13.8 Å². The Morgan fingerprint density at radius 1 is 1.73 bits per heavy atom. The van der Waals surface area contributed by atoms with Gasteiger partial charge in [0.2, 0.25) is 0 Å². The molecule has 0 spiro atoms. The van der Waals surface area contributed by atoms with Crippen LogP contribution in [0.5, 0.6) is 0 Å². The van der Waals surface area contributed by atoms with E-state index in [1.807, 2.05) is 0 Å². The first-order chi connectivity index (χ1) is 5.25. The standard InChI is InChI=1S/C8H11N3/c1-6(2)8-7(3-4-9)10-5-11-8/h5-6H,3H2,1-2H3,(H,10,11). The first kappa shape index (κ1) is 7.80. The highest BCUT2D eigenvalue weighted by Gasteiger charge is 2.07. The summed E-state index contributed by atoms with van der Waals surface area (Å²) < 4.78 is 0. The zero-order chi connectivity index (χ0) is 8.27. The van der Waals surface area contributed by atoms with Crippen molar-refractivity contribution in [2.24, 2.45) is 0 Å². The number of hydrogen-bond donors (Lipinski definition) is 1. The lowest BCUT2D eigenvalue weighted by molar-refractivity contribution is 0.817. The fourth-order valence-corrected chi connectivity index (χ4v) is 1.05. The summed E-state index contributed by atoms with van der Waals surface area (Å²) in [5, 5.41) is 8.45. The lowest BCUT2D eigenvalue weighted by Gasteiger charge is -2.00. The van der Waals surface area contributed by atoms with Crippen molar-refractivity contribution in [2.45, 2.75) is 26.2 Å². The molecule has 11 heavy (non-hydrogen) atoms. The molecular weight excluding hydrogens is 138 g/mol. The fourth-order valence-electron chi connectivity index (χ4n) is 1.05. The Labute approximate surface area is 66.1 Å². The monoisotopic (exact) mass is 149 g/mol. The van der Waals surface area contributed by atoms with Gasteiger partial charge < -0.3 is 4.98 Å². The molecule has 0 fully saturated rings. The Morgan fingerprint density at radius 3 is 3.00 bits per heavy atom. The van der Waals surface area contributed by atoms with E-state index in [9.17, 15) is 0 Å². The first-order valence-corrected chi connectivity index (χ1v) is 3.64. The Kier molecular flexibility index (Phi) is 2.27. The predicted molar refractivity (Wildman–Crippen MR) is 42.0 cm³/mol. The van der Waals surface area contributed by atoms with Crippen LogP contribution in [0.25, 0.3) is 0 Å². The van der Waals surface area contributed by atoms with Gasteiger partial charge in [-0.25, -0.2) is 4.98 Å². The summed E-state index contributed by atoms with van der Waals surface area (Å²) >= 11 is 0. The SMILES string of the molecule is CC(C)c1nc[nH]c1CC#N. The van der Waals surface area contributed by atoms with Crippen molar-refractivity contribution in [1.82, 2.24) is 9.97 Å². The molecule has 58 valence electrons. The zero-order valence-electron chi connectivity index (χ0n) is 6.76. The number of nitrogens with one attached hydrogen (secondary N) is 1. The predicted octanol–water partition coefficient (Wildman–Crippen LogP) is 1.60. The van der Waals surface area contributed by atoms with Crippen LogP contribution < -0.4 is 0 Å². The van der Waals surface area contributed by atoms with E-state index < -0.39 is 0 Å². The molecule has 1 rings (SSSR count). The summed E-state index contributed by atoms with van der Waals surface area (Å²) in [6, 6.07) is 2.09. The molecule has 3 nitrogen and oxygen atoms in total. The van der Waals surface area contributed by atoms with Gasteiger partial charge in [0.05, 0.1) is 30.2 Å². The Bertz CT molecular complexity index is 267. The van der Waals surface area contributed by atoms with Crippen molar-refractivity contribution in [3.8, 4) is 6.07 Å². The molecule has 0 saturated heterocycles. The lowest BCUT2D eigenvalue weighted by atomic mass is 10.1. The van der Waals surface area contributed by atoms with Crippen molar-refractivity contribution in [3.05, 3.63) is 17.7 Å². The molecule has 0 aliphatic heterocycles. The molecule has 0 bridgehead atoms. The average Bonchev–Trinajstić information content (AvgIpc) is 2.36. The number of imidazole rings is 1. The Balaban J connectivity index is 2.89. The van der Waals surface area contributed by atoms with Gasteiger partial charge in [0.15, 0.2) is 0 Å². The Morgan fingerprint density at radius 2 is 2.45 bits per heavy atom. The highest BCUT2D eigenvalue weighted by Crippen LogP contribution is 2.14. The molecule has 0 aliphatic rings. The van der Waals surface area contributed by atoms with Gasteiger partial charge in [0.1, 0.15) is 0 Å². The third-order valence-electron chi connectivity index (χ3n) is 1.55. The fraction of sp³-hybridized carbons (Fsp3) is 0.500. The summed E-state index contributed by atoms with van der Waals surface area (Å²) in [7, 11) is 0. The molecule has 0 aliphatic carbocycles. The second-order valence-electron chi connectivity index (χ2n) is 2.76. The number of aromatic nitrogens is 2. The van der Waals surface area contributed by atoms with Gasteiger partial charge in [0, 0.05) is 0 Å². The molecule has 0 amide bonds. The van der Waals surface area contributed by atoms with Crippen molar-refractivity contribution in [1.29, 1.82) is 5.26 Å². The average molecular weight is 149 g/mol. The minimum atomic E-state index is 0.393. The third kappa shape index (κ3) is 1.58.